The normalized spacial score (nSPS) is 11.5. The highest BCUT2D eigenvalue weighted by atomic mass is 32.2. The maximum Gasteiger partial charge on any atom is 0.247 e. The number of hydrogen-bond donors (Lipinski definition) is 1. The van der Waals surface area contributed by atoms with Gasteiger partial charge in [0.2, 0.25) is 10.0 Å². The van der Waals surface area contributed by atoms with E-state index in [2.05, 4.69) is 6.58 Å². The molecular weight excluding hydrogens is 252 g/mol. The van der Waals surface area contributed by atoms with E-state index >= 15 is 0 Å². The van der Waals surface area contributed by atoms with Crippen molar-refractivity contribution in [3.8, 4) is 5.75 Å². The molecule has 0 saturated carbocycles. The summed E-state index contributed by atoms with van der Waals surface area (Å²) < 4.78 is 31.2. The van der Waals surface area contributed by atoms with E-state index in [0.717, 1.165) is 0 Å². The van der Waals surface area contributed by atoms with Crippen molar-refractivity contribution in [2.75, 3.05) is 25.9 Å². The number of nitrogens with zero attached hydrogens (tertiary/aromatic N) is 1. The summed E-state index contributed by atoms with van der Waals surface area (Å²) in [4.78, 5) is 0.114. The van der Waals surface area contributed by atoms with Crippen LogP contribution in [0.15, 0.2) is 35.7 Å². The van der Waals surface area contributed by atoms with Crippen molar-refractivity contribution in [2.45, 2.75) is 11.8 Å². The van der Waals surface area contributed by atoms with Gasteiger partial charge in [0.15, 0.2) is 0 Å². The van der Waals surface area contributed by atoms with Crippen molar-refractivity contribution in [2.24, 2.45) is 0 Å². The second-order valence-electron chi connectivity index (χ2n) is 3.65. The minimum atomic E-state index is -3.59. The number of benzene rings is 1. The molecule has 6 heteroatoms. The molecule has 0 spiro atoms. The third-order valence-electron chi connectivity index (χ3n) is 2.49. The van der Waals surface area contributed by atoms with E-state index in [9.17, 15) is 8.42 Å². The summed E-state index contributed by atoms with van der Waals surface area (Å²) in [7, 11) is -2.18. The molecule has 1 aromatic rings. The lowest BCUT2D eigenvalue weighted by Gasteiger charge is -2.20. The van der Waals surface area contributed by atoms with Gasteiger partial charge in [0.1, 0.15) is 10.6 Å². The zero-order chi connectivity index (χ0) is 13.8. The SMILES string of the molecule is C=CCN(CC)S(=O)(=O)c1ccc(N)cc1OC. The topological polar surface area (TPSA) is 72.6 Å². The molecule has 0 atom stereocenters. The fraction of sp³-hybridized carbons (Fsp3) is 0.333. The molecular formula is C12H18N2O3S. The Balaban J connectivity index is 3.31. The van der Waals surface area contributed by atoms with Gasteiger partial charge in [0.25, 0.3) is 0 Å². The second-order valence-corrected chi connectivity index (χ2v) is 5.56. The van der Waals surface area contributed by atoms with Crippen LogP contribution in [0, 0.1) is 0 Å². The van der Waals surface area contributed by atoms with Crippen LogP contribution < -0.4 is 10.5 Å². The summed E-state index contributed by atoms with van der Waals surface area (Å²) >= 11 is 0. The molecule has 0 aliphatic heterocycles. The number of hydrogen-bond acceptors (Lipinski definition) is 4. The van der Waals surface area contributed by atoms with Crippen molar-refractivity contribution < 1.29 is 13.2 Å². The van der Waals surface area contributed by atoms with Gasteiger partial charge >= 0.3 is 0 Å². The van der Waals surface area contributed by atoms with E-state index in [0.29, 0.717) is 12.2 Å². The van der Waals surface area contributed by atoms with Gasteiger partial charge in [0, 0.05) is 24.8 Å². The predicted molar refractivity (Wildman–Crippen MR) is 72.0 cm³/mol. The van der Waals surface area contributed by atoms with Crippen molar-refractivity contribution in [1.82, 2.24) is 4.31 Å². The molecule has 0 unspecified atom stereocenters. The first-order valence-electron chi connectivity index (χ1n) is 5.52. The van der Waals surface area contributed by atoms with Gasteiger partial charge in [-0.05, 0) is 12.1 Å². The molecule has 0 saturated heterocycles. The van der Waals surface area contributed by atoms with Gasteiger partial charge in [-0.1, -0.05) is 13.0 Å². The van der Waals surface area contributed by atoms with E-state index in [1.165, 1.54) is 29.6 Å². The molecule has 0 aliphatic carbocycles. The van der Waals surface area contributed by atoms with Crippen LogP contribution in [-0.2, 0) is 10.0 Å². The molecule has 0 bridgehead atoms. The van der Waals surface area contributed by atoms with Gasteiger partial charge in [-0.3, -0.25) is 0 Å². The molecule has 0 amide bonds. The smallest absolute Gasteiger partial charge is 0.247 e. The van der Waals surface area contributed by atoms with Crippen LogP contribution in [0.3, 0.4) is 0 Å². The molecule has 1 rings (SSSR count). The summed E-state index contributed by atoms with van der Waals surface area (Å²) in [5, 5.41) is 0. The fourth-order valence-corrected chi connectivity index (χ4v) is 3.13. The first-order chi connectivity index (χ1) is 8.47. The fourth-order valence-electron chi connectivity index (χ4n) is 1.58. The highest BCUT2D eigenvalue weighted by Crippen LogP contribution is 2.28. The lowest BCUT2D eigenvalue weighted by atomic mass is 10.3. The monoisotopic (exact) mass is 270 g/mol. The Hall–Kier alpha value is -1.53. The van der Waals surface area contributed by atoms with E-state index in [1.54, 1.807) is 13.0 Å². The Morgan fingerprint density at radius 1 is 1.50 bits per heavy atom. The Bertz CT molecular complexity index is 526. The van der Waals surface area contributed by atoms with Crippen LogP contribution in [-0.4, -0.2) is 32.9 Å². The standard InChI is InChI=1S/C12H18N2O3S/c1-4-8-14(5-2)18(15,16)12-7-6-10(13)9-11(12)17-3/h4,6-7,9H,1,5,8,13H2,2-3H3. The van der Waals surface area contributed by atoms with Crippen molar-refractivity contribution in [3.63, 3.8) is 0 Å². The van der Waals surface area contributed by atoms with Gasteiger partial charge in [0.05, 0.1) is 7.11 Å². The van der Waals surface area contributed by atoms with Crippen LogP contribution in [0.25, 0.3) is 0 Å². The van der Waals surface area contributed by atoms with E-state index < -0.39 is 10.0 Å². The summed E-state index contributed by atoms with van der Waals surface area (Å²) in [5.74, 6) is 0.248. The average molecular weight is 270 g/mol. The van der Waals surface area contributed by atoms with Crippen molar-refractivity contribution >= 4 is 15.7 Å². The number of sulfonamides is 1. The molecule has 0 radical (unpaired) electrons. The number of nitrogens with two attached hydrogens (primary N) is 1. The highest BCUT2D eigenvalue weighted by Gasteiger charge is 2.25. The zero-order valence-electron chi connectivity index (χ0n) is 10.6. The predicted octanol–water partition coefficient (Wildman–Crippen LogP) is 1.47. The second kappa shape index (κ2) is 5.88. The first-order valence-corrected chi connectivity index (χ1v) is 6.96. The maximum absolute atomic E-state index is 12.4. The molecule has 2 N–H and O–H groups in total. The van der Waals surface area contributed by atoms with Gasteiger partial charge < -0.3 is 10.5 Å². The number of nitrogen functional groups attached to an aromatic ring is 1. The lowest BCUT2D eigenvalue weighted by molar-refractivity contribution is 0.397. The third-order valence-corrected chi connectivity index (χ3v) is 4.47. The van der Waals surface area contributed by atoms with Crippen LogP contribution in [0.4, 0.5) is 5.69 Å². The van der Waals surface area contributed by atoms with Crippen LogP contribution in [0.2, 0.25) is 0 Å². The third kappa shape index (κ3) is 2.83. The number of likely N-dealkylation sites (N-methyl/N-ethyl adjacent to an activating group) is 1. The molecule has 18 heavy (non-hydrogen) atoms. The maximum atomic E-state index is 12.4. The summed E-state index contributed by atoms with van der Waals surface area (Å²) in [6, 6.07) is 4.49. The number of ether oxygens (including phenoxy) is 1. The Kier molecular flexibility index (Phi) is 4.75. The largest absolute Gasteiger partial charge is 0.495 e. The van der Waals surface area contributed by atoms with Gasteiger partial charge in [-0.2, -0.15) is 4.31 Å². The Morgan fingerprint density at radius 3 is 2.67 bits per heavy atom. The number of anilines is 1. The highest BCUT2D eigenvalue weighted by molar-refractivity contribution is 7.89. The summed E-state index contributed by atoms with van der Waals surface area (Å²) in [6.07, 6.45) is 1.55. The van der Waals surface area contributed by atoms with E-state index in [4.69, 9.17) is 10.5 Å². The molecule has 5 nitrogen and oxygen atoms in total. The lowest BCUT2D eigenvalue weighted by Crippen LogP contribution is -2.31. The molecule has 100 valence electrons. The van der Waals surface area contributed by atoms with Crippen molar-refractivity contribution in [3.05, 3.63) is 30.9 Å². The molecule has 0 heterocycles. The zero-order valence-corrected chi connectivity index (χ0v) is 11.4. The molecule has 0 aromatic heterocycles. The van der Waals surface area contributed by atoms with Crippen LogP contribution in [0.1, 0.15) is 6.92 Å². The first kappa shape index (κ1) is 14.5. The number of methoxy groups -OCH3 is 1. The van der Waals surface area contributed by atoms with Crippen LogP contribution in [0.5, 0.6) is 5.75 Å². The molecule has 0 fully saturated rings. The minimum absolute atomic E-state index is 0.114. The van der Waals surface area contributed by atoms with Crippen LogP contribution >= 0.6 is 0 Å². The molecule has 1 aromatic carbocycles. The van der Waals surface area contributed by atoms with E-state index in [-0.39, 0.29) is 17.2 Å². The Morgan fingerprint density at radius 2 is 2.17 bits per heavy atom. The Labute approximate surface area is 108 Å². The van der Waals surface area contributed by atoms with E-state index in [1.807, 2.05) is 0 Å². The minimum Gasteiger partial charge on any atom is -0.495 e. The number of rotatable bonds is 6. The summed E-state index contributed by atoms with van der Waals surface area (Å²) in [5.41, 5.74) is 6.07. The quantitative estimate of drug-likeness (QED) is 0.627. The van der Waals surface area contributed by atoms with Gasteiger partial charge in [-0.25, -0.2) is 8.42 Å². The van der Waals surface area contributed by atoms with Gasteiger partial charge in [-0.15, -0.1) is 6.58 Å². The van der Waals surface area contributed by atoms with Crippen molar-refractivity contribution in [1.29, 1.82) is 0 Å². The molecule has 0 aliphatic rings. The average Bonchev–Trinajstić information content (AvgIpc) is 2.35. The summed E-state index contributed by atoms with van der Waals surface area (Å²) in [6.45, 7) is 5.94.